The van der Waals surface area contributed by atoms with Crippen molar-refractivity contribution < 1.29 is 13.7 Å². The van der Waals surface area contributed by atoms with Crippen molar-refractivity contribution in [2.45, 2.75) is 13.0 Å². The fraction of sp³-hybridized carbons (Fsp3) is 0.136. The third kappa shape index (κ3) is 3.71. The van der Waals surface area contributed by atoms with E-state index in [1.165, 1.54) is 17.0 Å². The lowest BCUT2D eigenvalue weighted by Gasteiger charge is -2.34. The number of halogens is 2. The third-order valence-corrected chi connectivity index (χ3v) is 5.12. The van der Waals surface area contributed by atoms with Crippen LogP contribution in [0, 0.1) is 5.82 Å². The first-order valence-corrected chi connectivity index (χ1v) is 9.61. The number of hydrogen-bond donors (Lipinski definition) is 1. The van der Waals surface area contributed by atoms with E-state index < -0.39 is 6.04 Å². The first-order chi connectivity index (χ1) is 14.5. The fourth-order valence-corrected chi connectivity index (χ4v) is 3.49. The molecule has 152 valence electrons. The number of urea groups is 1. The van der Waals surface area contributed by atoms with Crippen molar-refractivity contribution in [1.29, 1.82) is 0 Å². The van der Waals surface area contributed by atoms with Gasteiger partial charge in [0.2, 0.25) is 5.82 Å². The van der Waals surface area contributed by atoms with Crippen LogP contribution in [0.15, 0.2) is 71.4 Å². The largest absolute Gasteiger partial charge is 0.334 e. The number of carbonyl (C=O) groups is 1. The number of aromatic nitrogens is 2. The van der Waals surface area contributed by atoms with Crippen LogP contribution in [0.2, 0.25) is 5.02 Å². The summed E-state index contributed by atoms with van der Waals surface area (Å²) in [5, 5.41) is 7.62. The highest BCUT2D eigenvalue weighted by atomic mass is 35.5. The topological polar surface area (TPSA) is 71.3 Å². The number of nitrogens with zero attached hydrogens (tertiary/aromatic N) is 3. The van der Waals surface area contributed by atoms with Crippen LogP contribution < -0.4 is 5.32 Å². The lowest BCUT2D eigenvalue weighted by atomic mass is 9.94. The molecule has 0 bridgehead atoms. The summed E-state index contributed by atoms with van der Waals surface area (Å²) in [6.45, 7) is 5.83. The second kappa shape index (κ2) is 8.12. The van der Waals surface area contributed by atoms with E-state index in [1.807, 2.05) is 0 Å². The average Bonchev–Trinajstić information content (AvgIpc) is 3.21. The van der Waals surface area contributed by atoms with Gasteiger partial charge in [-0.3, -0.25) is 4.90 Å². The molecule has 1 aliphatic heterocycles. The van der Waals surface area contributed by atoms with Crippen LogP contribution in [-0.2, 0) is 0 Å². The SMILES string of the molecule is C=CCN1C(=O)NC(c2ccc(F)cc2)C(c2nc(-c3ccc(Cl)cc3)no2)=C1C. The summed E-state index contributed by atoms with van der Waals surface area (Å²) in [6, 6.07) is 12.1. The quantitative estimate of drug-likeness (QED) is 0.570. The van der Waals surface area contributed by atoms with Crippen molar-refractivity contribution >= 4 is 23.2 Å². The third-order valence-electron chi connectivity index (χ3n) is 4.87. The van der Waals surface area contributed by atoms with Crippen molar-refractivity contribution in [1.82, 2.24) is 20.4 Å². The molecule has 1 atom stereocenters. The normalized spacial score (nSPS) is 16.6. The van der Waals surface area contributed by atoms with Crippen molar-refractivity contribution in [2.75, 3.05) is 6.54 Å². The average molecular weight is 425 g/mol. The molecule has 1 aliphatic rings. The molecule has 3 aromatic rings. The molecule has 1 unspecified atom stereocenters. The Bertz CT molecular complexity index is 1120. The second-order valence-electron chi connectivity index (χ2n) is 6.76. The van der Waals surface area contributed by atoms with Gasteiger partial charge in [0.15, 0.2) is 0 Å². The summed E-state index contributed by atoms with van der Waals surface area (Å²) in [7, 11) is 0. The van der Waals surface area contributed by atoms with Gasteiger partial charge in [-0.2, -0.15) is 4.98 Å². The maximum Gasteiger partial charge on any atom is 0.322 e. The molecule has 0 saturated heterocycles. The minimum absolute atomic E-state index is 0.265. The van der Waals surface area contributed by atoms with Gasteiger partial charge in [-0.1, -0.05) is 35.0 Å². The number of allylic oxidation sites excluding steroid dienone is 1. The Hall–Kier alpha value is -3.45. The highest BCUT2D eigenvalue weighted by Gasteiger charge is 2.35. The molecule has 1 aromatic heterocycles. The van der Waals surface area contributed by atoms with Crippen LogP contribution in [0.25, 0.3) is 17.0 Å². The molecular weight excluding hydrogens is 407 g/mol. The smallest absolute Gasteiger partial charge is 0.322 e. The van der Waals surface area contributed by atoms with Crippen molar-refractivity contribution in [3.8, 4) is 11.4 Å². The summed E-state index contributed by atoms with van der Waals surface area (Å²) < 4.78 is 19.0. The number of carbonyl (C=O) groups excluding carboxylic acids is 1. The molecule has 0 spiro atoms. The Morgan fingerprint density at radius 1 is 1.23 bits per heavy atom. The van der Waals surface area contributed by atoms with E-state index in [-0.39, 0.29) is 17.7 Å². The summed E-state index contributed by atoms with van der Waals surface area (Å²) in [5.74, 6) is 0.298. The fourth-order valence-electron chi connectivity index (χ4n) is 3.36. The summed E-state index contributed by atoms with van der Waals surface area (Å²) in [6.07, 6.45) is 1.63. The van der Waals surface area contributed by atoms with Crippen LogP contribution in [0.4, 0.5) is 9.18 Å². The lowest BCUT2D eigenvalue weighted by molar-refractivity contribution is 0.209. The second-order valence-corrected chi connectivity index (χ2v) is 7.20. The Labute approximate surface area is 177 Å². The van der Waals surface area contributed by atoms with Gasteiger partial charge in [-0.25, -0.2) is 9.18 Å². The predicted octanol–water partition coefficient (Wildman–Crippen LogP) is 5.21. The van der Waals surface area contributed by atoms with Crippen molar-refractivity contribution in [2.24, 2.45) is 0 Å². The number of rotatable bonds is 5. The summed E-state index contributed by atoms with van der Waals surface area (Å²) >= 11 is 5.95. The predicted molar refractivity (Wildman–Crippen MR) is 112 cm³/mol. The summed E-state index contributed by atoms with van der Waals surface area (Å²) in [5.41, 5.74) is 2.73. The minimum Gasteiger partial charge on any atom is -0.334 e. The highest BCUT2D eigenvalue weighted by Crippen LogP contribution is 2.37. The van der Waals surface area contributed by atoms with Gasteiger partial charge in [-0.15, -0.1) is 6.58 Å². The van der Waals surface area contributed by atoms with Gasteiger partial charge in [0.05, 0.1) is 11.6 Å². The van der Waals surface area contributed by atoms with E-state index in [0.29, 0.717) is 34.2 Å². The molecule has 30 heavy (non-hydrogen) atoms. The molecule has 0 fully saturated rings. The van der Waals surface area contributed by atoms with Crippen LogP contribution in [0.3, 0.4) is 0 Å². The Balaban J connectivity index is 1.81. The van der Waals surface area contributed by atoms with E-state index in [0.717, 1.165) is 5.56 Å². The van der Waals surface area contributed by atoms with Gasteiger partial charge in [0.1, 0.15) is 5.82 Å². The van der Waals surface area contributed by atoms with E-state index >= 15 is 0 Å². The van der Waals surface area contributed by atoms with Gasteiger partial charge in [0, 0.05) is 22.8 Å². The maximum atomic E-state index is 13.4. The molecule has 2 aromatic carbocycles. The zero-order chi connectivity index (χ0) is 21.3. The molecule has 0 saturated carbocycles. The van der Waals surface area contributed by atoms with Crippen LogP contribution in [0.1, 0.15) is 24.4 Å². The van der Waals surface area contributed by atoms with Gasteiger partial charge >= 0.3 is 6.03 Å². The molecule has 4 rings (SSSR count). The molecule has 2 amide bonds. The first kappa shape index (κ1) is 19.8. The number of benzene rings is 2. The first-order valence-electron chi connectivity index (χ1n) is 9.23. The molecular formula is C22H18ClFN4O2. The maximum absolute atomic E-state index is 13.4. The summed E-state index contributed by atoms with van der Waals surface area (Å²) in [4.78, 5) is 18.7. The standard InChI is InChI=1S/C22H18ClFN4O2/c1-3-12-28-13(2)18(19(25-22(28)29)14-6-10-17(24)11-7-14)21-26-20(27-30-21)15-4-8-16(23)9-5-15/h3-11,19H,1,12H2,2H3,(H,25,29). The lowest BCUT2D eigenvalue weighted by Crippen LogP contribution is -2.46. The zero-order valence-corrected chi connectivity index (χ0v) is 16.9. The van der Waals surface area contributed by atoms with E-state index in [9.17, 15) is 9.18 Å². The molecule has 1 N–H and O–H groups in total. The van der Waals surface area contributed by atoms with Crippen LogP contribution >= 0.6 is 11.6 Å². The molecule has 2 heterocycles. The van der Waals surface area contributed by atoms with Gasteiger partial charge in [-0.05, 0) is 48.9 Å². The Morgan fingerprint density at radius 3 is 2.60 bits per heavy atom. The Morgan fingerprint density at radius 2 is 1.93 bits per heavy atom. The van der Waals surface area contributed by atoms with Gasteiger partial charge in [0.25, 0.3) is 5.89 Å². The zero-order valence-electron chi connectivity index (χ0n) is 16.1. The molecule has 0 radical (unpaired) electrons. The number of nitrogens with one attached hydrogen (secondary N) is 1. The molecule has 0 aliphatic carbocycles. The Kier molecular flexibility index (Phi) is 5.37. The van der Waals surface area contributed by atoms with Crippen molar-refractivity contribution in [3.63, 3.8) is 0 Å². The van der Waals surface area contributed by atoms with Crippen LogP contribution in [-0.4, -0.2) is 27.6 Å². The van der Waals surface area contributed by atoms with E-state index in [1.54, 1.807) is 49.4 Å². The molecule has 8 heteroatoms. The molecule has 6 nitrogen and oxygen atoms in total. The van der Waals surface area contributed by atoms with E-state index in [4.69, 9.17) is 16.1 Å². The highest BCUT2D eigenvalue weighted by molar-refractivity contribution is 6.30. The van der Waals surface area contributed by atoms with E-state index in [2.05, 4.69) is 22.0 Å². The van der Waals surface area contributed by atoms with Gasteiger partial charge < -0.3 is 9.84 Å². The van der Waals surface area contributed by atoms with Crippen molar-refractivity contribution in [3.05, 3.63) is 89.2 Å². The monoisotopic (exact) mass is 424 g/mol. The van der Waals surface area contributed by atoms with Crippen LogP contribution in [0.5, 0.6) is 0 Å². The minimum atomic E-state index is -0.572. The number of amides is 2. The number of hydrogen-bond acceptors (Lipinski definition) is 4.